The van der Waals surface area contributed by atoms with E-state index in [2.05, 4.69) is 15.6 Å². The molecule has 1 fully saturated rings. The molecule has 0 heterocycles. The Morgan fingerprint density at radius 2 is 1.86 bits per heavy atom. The zero-order chi connectivity index (χ0) is 20.6. The van der Waals surface area contributed by atoms with Crippen molar-refractivity contribution in [2.75, 3.05) is 18.6 Å². The van der Waals surface area contributed by atoms with Crippen LogP contribution in [0.3, 0.4) is 0 Å². The van der Waals surface area contributed by atoms with Crippen molar-refractivity contribution in [1.29, 1.82) is 0 Å². The first-order valence-electron chi connectivity index (χ1n) is 9.98. The van der Waals surface area contributed by atoms with Crippen molar-refractivity contribution in [3.63, 3.8) is 0 Å². The van der Waals surface area contributed by atoms with Gasteiger partial charge >= 0.3 is 0 Å². The lowest BCUT2D eigenvalue weighted by molar-refractivity contribution is 0.413. The van der Waals surface area contributed by atoms with Crippen LogP contribution in [0.5, 0.6) is 0 Å². The quantitative estimate of drug-likeness (QED) is 0.491. The van der Waals surface area contributed by atoms with E-state index in [4.69, 9.17) is 0 Å². The van der Waals surface area contributed by atoms with E-state index in [1.807, 2.05) is 38.1 Å². The molecule has 2 rings (SSSR count). The fraction of sp³-hybridized carbons (Fsp3) is 0.650. The number of rotatable bonds is 8. The number of benzene rings is 1. The van der Waals surface area contributed by atoms with E-state index in [0.29, 0.717) is 12.6 Å². The molecule has 1 saturated carbocycles. The summed E-state index contributed by atoms with van der Waals surface area (Å²) >= 11 is 0. The number of nitrogens with one attached hydrogen (secondary N) is 2. The van der Waals surface area contributed by atoms with Gasteiger partial charge in [-0.3, -0.25) is 4.21 Å². The monoisotopic (exact) mass is 427 g/mol. The normalized spacial score (nSPS) is 21.9. The molecule has 1 aliphatic rings. The summed E-state index contributed by atoms with van der Waals surface area (Å²) in [7, 11) is -3.76. The van der Waals surface area contributed by atoms with Crippen LogP contribution in [-0.2, 0) is 32.9 Å². The van der Waals surface area contributed by atoms with Gasteiger partial charge in [0.15, 0.2) is 15.8 Å². The molecule has 3 unspecified atom stereocenters. The Hall–Kier alpha value is -1.41. The van der Waals surface area contributed by atoms with Gasteiger partial charge < -0.3 is 10.6 Å². The summed E-state index contributed by atoms with van der Waals surface area (Å²) in [5.74, 6) is 1.56. The second-order valence-electron chi connectivity index (χ2n) is 7.38. The molecule has 28 heavy (non-hydrogen) atoms. The van der Waals surface area contributed by atoms with Crippen molar-refractivity contribution in [3.05, 3.63) is 35.4 Å². The zero-order valence-electron chi connectivity index (χ0n) is 17.1. The molecule has 8 heteroatoms. The van der Waals surface area contributed by atoms with Crippen molar-refractivity contribution in [2.45, 2.75) is 63.1 Å². The lowest BCUT2D eigenvalue weighted by atomic mass is 9.95. The summed E-state index contributed by atoms with van der Waals surface area (Å²) in [6.45, 7) is 5.31. The number of nitrogens with zero attached hydrogens (tertiary/aromatic N) is 1. The molecule has 0 saturated heterocycles. The Labute approximate surface area is 172 Å². The average Bonchev–Trinajstić information content (AvgIpc) is 2.66. The molecule has 1 aromatic carbocycles. The fourth-order valence-corrected chi connectivity index (χ4v) is 5.62. The van der Waals surface area contributed by atoms with Gasteiger partial charge in [-0.1, -0.05) is 37.6 Å². The molecule has 0 aromatic heterocycles. The van der Waals surface area contributed by atoms with E-state index in [1.54, 1.807) is 0 Å². The summed E-state index contributed by atoms with van der Waals surface area (Å²) in [6.07, 6.45) is 5.37. The largest absolute Gasteiger partial charge is 0.357 e. The van der Waals surface area contributed by atoms with Gasteiger partial charge in [0.05, 0.1) is 12.3 Å². The van der Waals surface area contributed by atoms with Crippen molar-refractivity contribution >= 4 is 26.6 Å². The molecule has 1 aliphatic carbocycles. The summed E-state index contributed by atoms with van der Waals surface area (Å²) in [5.41, 5.74) is 1.82. The molecule has 0 radical (unpaired) electrons. The van der Waals surface area contributed by atoms with Crippen LogP contribution in [0.25, 0.3) is 0 Å². The molecule has 0 spiro atoms. The Bertz CT molecular complexity index is 776. The van der Waals surface area contributed by atoms with Gasteiger partial charge in [-0.05, 0) is 37.3 Å². The summed E-state index contributed by atoms with van der Waals surface area (Å²) < 4.78 is 34.9. The highest BCUT2D eigenvalue weighted by Gasteiger charge is 2.26. The molecule has 158 valence electrons. The summed E-state index contributed by atoms with van der Waals surface area (Å²) in [5, 5.41) is 7.07. The molecule has 1 aromatic rings. The average molecular weight is 428 g/mol. The smallest absolute Gasteiger partial charge is 0.191 e. The van der Waals surface area contributed by atoms with E-state index in [9.17, 15) is 12.6 Å². The van der Waals surface area contributed by atoms with Crippen LogP contribution in [0.15, 0.2) is 29.3 Å². The third kappa shape index (κ3) is 7.91. The minimum Gasteiger partial charge on any atom is -0.357 e. The first-order valence-corrected chi connectivity index (χ1v) is 13.4. The van der Waals surface area contributed by atoms with Crippen LogP contribution in [0, 0.1) is 0 Å². The number of hydrogen-bond acceptors (Lipinski definition) is 4. The van der Waals surface area contributed by atoms with Crippen molar-refractivity contribution in [3.8, 4) is 0 Å². The molecular weight excluding hydrogens is 394 g/mol. The molecule has 6 nitrogen and oxygen atoms in total. The van der Waals surface area contributed by atoms with E-state index >= 15 is 0 Å². The van der Waals surface area contributed by atoms with Crippen molar-refractivity contribution in [2.24, 2.45) is 4.99 Å². The molecular formula is C20H33N3O3S2. The van der Waals surface area contributed by atoms with E-state index in [-0.39, 0.29) is 11.0 Å². The standard InChI is InChI=1S/C20H33N3O3S2/c1-4-21-20(23-18-7-6-8-19(13-18)27(24)5-2)22-14-16-9-11-17(12-10-16)15-28(3,25)26/h9-12,18-19H,4-8,13-15H2,1-3H3,(H2,21,22,23). The third-order valence-corrected chi connectivity index (χ3v) is 7.44. The van der Waals surface area contributed by atoms with Gasteiger partial charge in [0, 0.05) is 40.6 Å². The zero-order valence-corrected chi connectivity index (χ0v) is 18.7. The second kappa shape index (κ2) is 11.0. The van der Waals surface area contributed by atoms with Crippen molar-refractivity contribution in [1.82, 2.24) is 10.6 Å². The SMILES string of the molecule is CCNC(=NCc1ccc(CS(C)(=O)=O)cc1)NC1CCCC(S(=O)CC)C1. The molecule has 0 aliphatic heterocycles. The van der Waals surface area contributed by atoms with E-state index in [0.717, 1.165) is 55.1 Å². The maximum absolute atomic E-state index is 12.1. The van der Waals surface area contributed by atoms with Crippen LogP contribution < -0.4 is 10.6 Å². The third-order valence-electron chi connectivity index (χ3n) is 4.84. The maximum Gasteiger partial charge on any atom is 0.191 e. The lowest BCUT2D eigenvalue weighted by Gasteiger charge is -2.30. The Morgan fingerprint density at radius 3 is 2.46 bits per heavy atom. The second-order valence-corrected chi connectivity index (χ2v) is 11.5. The first-order chi connectivity index (χ1) is 13.3. The highest BCUT2D eigenvalue weighted by Crippen LogP contribution is 2.23. The van der Waals surface area contributed by atoms with Crippen LogP contribution in [0.1, 0.15) is 50.7 Å². The fourth-order valence-electron chi connectivity index (χ4n) is 3.48. The molecule has 0 amide bonds. The van der Waals surface area contributed by atoms with Crippen LogP contribution in [0.4, 0.5) is 0 Å². The van der Waals surface area contributed by atoms with Gasteiger partial charge in [0.2, 0.25) is 0 Å². The Balaban J connectivity index is 1.97. The summed E-state index contributed by atoms with van der Waals surface area (Å²) in [6, 6.07) is 7.84. The molecule has 3 atom stereocenters. The highest BCUT2D eigenvalue weighted by atomic mass is 32.2. The van der Waals surface area contributed by atoms with Crippen LogP contribution >= 0.6 is 0 Å². The van der Waals surface area contributed by atoms with Crippen molar-refractivity contribution < 1.29 is 12.6 Å². The van der Waals surface area contributed by atoms with Gasteiger partial charge in [0.25, 0.3) is 0 Å². The van der Waals surface area contributed by atoms with Crippen LogP contribution in [-0.4, -0.2) is 48.4 Å². The predicted octanol–water partition coefficient (Wildman–Crippen LogP) is 2.37. The summed E-state index contributed by atoms with van der Waals surface area (Å²) in [4.78, 5) is 4.67. The minimum absolute atomic E-state index is 0.0583. The number of aliphatic imine (C=N–C) groups is 1. The van der Waals surface area contributed by atoms with Crippen LogP contribution in [0.2, 0.25) is 0 Å². The Kier molecular flexibility index (Phi) is 8.95. The predicted molar refractivity (Wildman–Crippen MR) is 118 cm³/mol. The van der Waals surface area contributed by atoms with E-state index < -0.39 is 20.6 Å². The number of hydrogen-bond donors (Lipinski definition) is 2. The highest BCUT2D eigenvalue weighted by molar-refractivity contribution is 7.89. The topological polar surface area (TPSA) is 87.6 Å². The van der Waals surface area contributed by atoms with Gasteiger partial charge in [-0.25, -0.2) is 13.4 Å². The minimum atomic E-state index is -3.02. The number of sulfone groups is 1. The maximum atomic E-state index is 12.1. The molecule has 0 bridgehead atoms. The Morgan fingerprint density at radius 1 is 1.18 bits per heavy atom. The van der Waals surface area contributed by atoms with Gasteiger partial charge in [0.1, 0.15) is 0 Å². The van der Waals surface area contributed by atoms with E-state index in [1.165, 1.54) is 6.26 Å². The molecule has 2 N–H and O–H groups in total. The number of guanidine groups is 1. The van der Waals surface area contributed by atoms with Gasteiger partial charge in [-0.15, -0.1) is 0 Å². The lowest BCUT2D eigenvalue weighted by Crippen LogP contribution is -2.46. The first kappa shape index (κ1) is 22.9. The van der Waals surface area contributed by atoms with Gasteiger partial charge in [-0.2, -0.15) is 0 Å².